The van der Waals surface area contributed by atoms with E-state index in [4.69, 9.17) is 10.5 Å². The van der Waals surface area contributed by atoms with Crippen molar-refractivity contribution in [2.75, 3.05) is 39.6 Å². The fourth-order valence-corrected chi connectivity index (χ4v) is 1.13. The first-order chi connectivity index (χ1) is 6.72. The van der Waals surface area contributed by atoms with Crippen molar-refractivity contribution >= 4 is 5.69 Å². The van der Waals surface area contributed by atoms with Gasteiger partial charge in [-0.15, -0.1) is 0 Å². The van der Waals surface area contributed by atoms with Crippen LogP contribution in [0.25, 0.3) is 0 Å². The van der Waals surface area contributed by atoms with Crippen molar-refractivity contribution in [2.24, 2.45) is 0 Å². The lowest BCUT2D eigenvalue weighted by Gasteiger charge is -2.15. The standard InChI is InChI=1S/C9H18N4O/c1-12(5-6-14-2)3-4-13-8-9(10)7-11-13/h7-8H,3-6,10H2,1-2H3. The smallest absolute Gasteiger partial charge is 0.0719 e. The average Bonchev–Trinajstić information content (AvgIpc) is 2.58. The molecule has 0 radical (unpaired) electrons. The lowest BCUT2D eigenvalue weighted by Crippen LogP contribution is -2.26. The summed E-state index contributed by atoms with van der Waals surface area (Å²) < 4.78 is 6.83. The number of nitrogen functional groups attached to an aromatic ring is 1. The topological polar surface area (TPSA) is 56.3 Å². The molecule has 1 aromatic rings. The number of nitrogens with zero attached hydrogens (tertiary/aromatic N) is 3. The first-order valence-corrected chi connectivity index (χ1v) is 4.68. The predicted octanol–water partition coefficient (Wildman–Crippen LogP) is 0.0435. The van der Waals surface area contributed by atoms with Gasteiger partial charge in [-0.25, -0.2) is 0 Å². The Morgan fingerprint density at radius 2 is 2.36 bits per heavy atom. The second-order valence-electron chi connectivity index (χ2n) is 3.33. The molecule has 80 valence electrons. The zero-order chi connectivity index (χ0) is 10.4. The Bertz CT molecular complexity index is 261. The number of ether oxygens (including phenoxy) is 1. The third kappa shape index (κ3) is 3.76. The molecule has 5 nitrogen and oxygen atoms in total. The van der Waals surface area contributed by atoms with Crippen molar-refractivity contribution in [1.29, 1.82) is 0 Å². The van der Waals surface area contributed by atoms with E-state index in [1.54, 1.807) is 13.3 Å². The van der Waals surface area contributed by atoms with Gasteiger partial charge in [0.15, 0.2) is 0 Å². The lowest BCUT2D eigenvalue weighted by atomic mass is 10.5. The molecule has 2 N–H and O–H groups in total. The van der Waals surface area contributed by atoms with Crippen molar-refractivity contribution in [3.05, 3.63) is 12.4 Å². The zero-order valence-electron chi connectivity index (χ0n) is 8.81. The number of rotatable bonds is 6. The maximum Gasteiger partial charge on any atom is 0.0719 e. The Kier molecular flexibility index (Phi) is 4.42. The molecule has 0 aliphatic carbocycles. The molecule has 1 heterocycles. The molecule has 1 rings (SSSR count). The van der Waals surface area contributed by atoms with Crippen LogP contribution in [0.5, 0.6) is 0 Å². The fraction of sp³-hybridized carbons (Fsp3) is 0.667. The number of anilines is 1. The van der Waals surface area contributed by atoms with E-state index in [1.807, 2.05) is 10.9 Å². The highest BCUT2D eigenvalue weighted by atomic mass is 16.5. The molecule has 0 aromatic carbocycles. The summed E-state index contributed by atoms with van der Waals surface area (Å²) in [4.78, 5) is 2.20. The van der Waals surface area contributed by atoms with Crippen LogP contribution in [-0.2, 0) is 11.3 Å². The van der Waals surface area contributed by atoms with E-state index in [9.17, 15) is 0 Å². The van der Waals surface area contributed by atoms with E-state index in [0.29, 0.717) is 5.69 Å². The number of aromatic nitrogens is 2. The summed E-state index contributed by atoms with van der Waals surface area (Å²) in [7, 11) is 3.77. The van der Waals surface area contributed by atoms with E-state index in [0.717, 1.165) is 26.2 Å². The third-order valence-corrected chi connectivity index (χ3v) is 2.04. The van der Waals surface area contributed by atoms with Gasteiger partial charge in [0.25, 0.3) is 0 Å². The van der Waals surface area contributed by atoms with Crippen LogP contribution in [-0.4, -0.2) is 48.5 Å². The maximum absolute atomic E-state index is 5.55. The molecule has 0 atom stereocenters. The van der Waals surface area contributed by atoms with Crippen molar-refractivity contribution < 1.29 is 4.74 Å². The summed E-state index contributed by atoms with van der Waals surface area (Å²) in [5, 5.41) is 4.10. The number of likely N-dealkylation sites (N-methyl/N-ethyl adjacent to an activating group) is 1. The summed E-state index contributed by atoms with van der Waals surface area (Å²) in [5.74, 6) is 0. The summed E-state index contributed by atoms with van der Waals surface area (Å²) in [5.41, 5.74) is 6.26. The summed E-state index contributed by atoms with van der Waals surface area (Å²) >= 11 is 0. The van der Waals surface area contributed by atoms with E-state index >= 15 is 0 Å². The number of methoxy groups -OCH3 is 1. The van der Waals surface area contributed by atoms with Crippen LogP contribution in [0.2, 0.25) is 0 Å². The molecule has 0 saturated heterocycles. The number of nitrogens with two attached hydrogens (primary N) is 1. The second-order valence-corrected chi connectivity index (χ2v) is 3.33. The van der Waals surface area contributed by atoms with Crippen molar-refractivity contribution in [1.82, 2.24) is 14.7 Å². The van der Waals surface area contributed by atoms with Crippen molar-refractivity contribution in [3.8, 4) is 0 Å². The summed E-state index contributed by atoms with van der Waals surface area (Å²) in [6.07, 6.45) is 3.50. The minimum Gasteiger partial charge on any atom is -0.396 e. The highest BCUT2D eigenvalue weighted by molar-refractivity contribution is 5.30. The maximum atomic E-state index is 5.55. The van der Waals surface area contributed by atoms with Gasteiger partial charge in [-0.1, -0.05) is 0 Å². The van der Waals surface area contributed by atoms with Crippen LogP contribution < -0.4 is 5.73 Å². The molecular weight excluding hydrogens is 180 g/mol. The number of hydrogen-bond acceptors (Lipinski definition) is 4. The first-order valence-electron chi connectivity index (χ1n) is 4.68. The van der Waals surface area contributed by atoms with Gasteiger partial charge >= 0.3 is 0 Å². The molecule has 0 fully saturated rings. The number of hydrogen-bond donors (Lipinski definition) is 1. The quantitative estimate of drug-likeness (QED) is 0.701. The molecule has 0 aliphatic rings. The van der Waals surface area contributed by atoms with E-state index in [1.165, 1.54) is 0 Å². The third-order valence-electron chi connectivity index (χ3n) is 2.04. The molecule has 5 heteroatoms. The van der Waals surface area contributed by atoms with E-state index < -0.39 is 0 Å². The van der Waals surface area contributed by atoms with Gasteiger partial charge in [0.1, 0.15) is 0 Å². The summed E-state index contributed by atoms with van der Waals surface area (Å²) in [6, 6.07) is 0. The van der Waals surface area contributed by atoms with Crippen LogP contribution in [0.4, 0.5) is 5.69 Å². The van der Waals surface area contributed by atoms with Crippen LogP contribution in [0, 0.1) is 0 Å². The Hall–Kier alpha value is -1.07. The molecule has 1 aromatic heterocycles. The van der Waals surface area contributed by atoms with Gasteiger partial charge < -0.3 is 15.4 Å². The van der Waals surface area contributed by atoms with Crippen molar-refractivity contribution in [3.63, 3.8) is 0 Å². The van der Waals surface area contributed by atoms with Crippen LogP contribution in [0.1, 0.15) is 0 Å². The molecule has 0 saturated carbocycles. The molecule has 0 unspecified atom stereocenters. The van der Waals surface area contributed by atoms with E-state index in [2.05, 4.69) is 17.0 Å². The van der Waals surface area contributed by atoms with Gasteiger partial charge in [0.05, 0.1) is 25.0 Å². The molecule has 0 spiro atoms. The van der Waals surface area contributed by atoms with Gasteiger partial charge in [-0.05, 0) is 7.05 Å². The van der Waals surface area contributed by atoms with Gasteiger partial charge in [-0.2, -0.15) is 5.10 Å². The Labute approximate surface area is 84.4 Å². The SMILES string of the molecule is COCCN(C)CCn1cc(N)cn1. The van der Waals surface area contributed by atoms with Crippen LogP contribution in [0.3, 0.4) is 0 Å². The van der Waals surface area contributed by atoms with Crippen LogP contribution >= 0.6 is 0 Å². The highest BCUT2D eigenvalue weighted by Crippen LogP contribution is 1.97. The molecule has 0 amide bonds. The fourth-order valence-electron chi connectivity index (χ4n) is 1.13. The van der Waals surface area contributed by atoms with Crippen LogP contribution in [0.15, 0.2) is 12.4 Å². The van der Waals surface area contributed by atoms with E-state index in [-0.39, 0.29) is 0 Å². The summed E-state index contributed by atoms with van der Waals surface area (Å²) in [6.45, 7) is 3.51. The Morgan fingerprint density at radius 3 is 2.93 bits per heavy atom. The van der Waals surface area contributed by atoms with Gasteiger partial charge in [0, 0.05) is 26.4 Å². The normalized spacial score (nSPS) is 11.1. The zero-order valence-corrected chi connectivity index (χ0v) is 8.81. The minimum atomic E-state index is 0.713. The molecule has 0 aliphatic heterocycles. The van der Waals surface area contributed by atoms with Gasteiger partial charge in [0.2, 0.25) is 0 Å². The molecular formula is C9H18N4O. The van der Waals surface area contributed by atoms with Crippen molar-refractivity contribution in [2.45, 2.75) is 6.54 Å². The Morgan fingerprint density at radius 1 is 1.57 bits per heavy atom. The van der Waals surface area contributed by atoms with Gasteiger partial charge in [-0.3, -0.25) is 4.68 Å². The largest absolute Gasteiger partial charge is 0.396 e. The minimum absolute atomic E-state index is 0.713. The lowest BCUT2D eigenvalue weighted by molar-refractivity contribution is 0.159. The second kappa shape index (κ2) is 5.62. The molecule has 0 bridgehead atoms. The predicted molar refractivity (Wildman–Crippen MR) is 56.0 cm³/mol. The highest BCUT2D eigenvalue weighted by Gasteiger charge is 1.99. The average molecular weight is 198 g/mol. The monoisotopic (exact) mass is 198 g/mol. The first kappa shape index (κ1) is 11.0. The molecule has 14 heavy (non-hydrogen) atoms. The Balaban J connectivity index is 2.20.